The zero-order valence-electron chi connectivity index (χ0n) is 17.9. The minimum Gasteiger partial charge on any atom is -0.452 e. The molecule has 0 bridgehead atoms. The van der Waals surface area contributed by atoms with Crippen LogP contribution in [0.25, 0.3) is 17.0 Å². The number of ether oxygens (including phenoxy) is 2. The molecular formula is C27H15ClFNO5. The second kappa shape index (κ2) is 7.92. The van der Waals surface area contributed by atoms with Crippen molar-refractivity contribution in [3.05, 3.63) is 110 Å². The maximum atomic E-state index is 14.3. The highest BCUT2D eigenvalue weighted by Crippen LogP contribution is 2.48. The largest absolute Gasteiger partial charge is 0.452 e. The molecule has 0 radical (unpaired) electrons. The first-order valence-corrected chi connectivity index (χ1v) is 11.2. The van der Waals surface area contributed by atoms with E-state index in [1.165, 1.54) is 36.4 Å². The van der Waals surface area contributed by atoms with Gasteiger partial charge in [0, 0.05) is 28.1 Å². The summed E-state index contributed by atoms with van der Waals surface area (Å²) >= 11 is 6.12. The number of hydrogen-bond acceptors (Lipinski definition) is 5. The molecule has 4 aromatic rings. The normalized spacial score (nSPS) is 17.8. The van der Waals surface area contributed by atoms with Crippen molar-refractivity contribution >= 4 is 40.3 Å². The summed E-state index contributed by atoms with van der Waals surface area (Å²) in [6, 6.07) is 16.2. The average Bonchev–Trinajstić information content (AvgIpc) is 3.15. The van der Waals surface area contributed by atoms with Crippen molar-refractivity contribution in [3.63, 3.8) is 0 Å². The number of Topliss-reactive ketones (excluding diaryl/α,β-unsaturated/α-hetero) is 1. The Labute approximate surface area is 202 Å². The molecule has 2 aliphatic heterocycles. The van der Waals surface area contributed by atoms with Gasteiger partial charge in [0.1, 0.15) is 17.3 Å². The van der Waals surface area contributed by atoms with E-state index in [0.29, 0.717) is 16.6 Å². The molecular weight excluding hydrogens is 473 g/mol. The summed E-state index contributed by atoms with van der Waals surface area (Å²) in [4.78, 5) is 41.4. The first-order chi connectivity index (χ1) is 16.9. The molecule has 3 aromatic carbocycles. The monoisotopic (exact) mass is 487 g/mol. The first kappa shape index (κ1) is 21.3. The number of benzene rings is 3. The van der Waals surface area contributed by atoms with E-state index in [1.807, 2.05) is 18.2 Å². The molecule has 172 valence electrons. The Morgan fingerprint density at radius 2 is 1.83 bits per heavy atom. The van der Waals surface area contributed by atoms with Gasteiger partial charge in [0.05, 0.1) is 17.0 Å². The van der Waals surface area contributed by atoms with E-state index in [2.05, 4.69) is 4.98 Å². The fourth-order valence-corrected chi connectivity index (χ4v) is 4.79. The maximum Gasteiger partial charge on any atom is 0.312 e. The quantitative estimate of drug-likeness (QED) is 0.233. The average molecular weight is 488 g/mol. The van der Waals surface area contributed by atoms with E-state index < -0.39 is 23.5 Å². The van der Waals surface area contributed by atoms with Gasteiger partial charge in [0.15, 0.2) is 5.76 Å². The summed E-state index contributed by atoms with van der Waals surface area (Å²) in [6.45, 7) is 0. The van der Waals surface area contributed by atoms with Crippen LogP contribution in [0.2, 0.25) is 5.02 Å². The van der Waals surface area contributed by atoms with Gasteiger partial charge < -0.3 is 14.5 Å². The third-order valence-corrected chi connectivity index (χ3v) is 6.54. The van der Waals surface area contributed by atoms with Crippen LogP contribution in [0, 0.1) is 5.82 Å². The van der Waals surface area contributed by atoms with E-state index in [0.717, 1.165) is 5.39 Å². The molecule has 3 heterocycles. The van der Waals surface area contributed by atoms with Gasteiger partial charge in [-0.15, -0.1) is 0 Å². The van der Waals surface area contributed by atoms with Crippen LogP contribution in [-0.2, 0) is 4.79 Å². The fraction of sp³-hybridized carbons (Fsp3) is 0.0741. The van der Waals surface area contributed by atoms with E-state index in [1.54, 1.807) is 12.1 Å². The number of nitrogens with one attached hydrogen (secondary N) is 1. The summed E-state index contributed by atoms with van der Waals surface area (Å²) in [7, 11) is 0. The van der Waals surface area contributed by atoms with Crippen molar-refractivity contribution < 1.29 is 23.5 Å². The first-order valence-electron chi connectivity index (χ1n) is 10.8. The molecule has 0 saturated carbocycles. The molecule has 1 atom stereocenters. The molecule has 1 N–H and O–H groups in total. The number of aromatic amines is 1. The van der Waals surface area contributed by atoms with Crippen LogP contribution in [0.4, 0.5) is 4.39 Å². The Balaban J connectivity index is 1.52. The molecule has 0 amide bonds. The van der Waals surface area contributed by atoms with Crippen molar-refractivity contribution in [2.24, 2.45) is 0 Å². The molecule has 6 nitrogen and oxygen atoms in total. The molecule has 8 heteroatoms. The zero-order chi connectivity index (χ0) is 24.3. The number of fused-ring (bicyclic) bond motifs is 4. The topological polar surface area (TPSA) is 85.5 Å². The number of H-pyrrole nitrogens is 1. The van der Waals surface area contributed by atoms with Crippen LogP contribution in [0.15, 0.2) is 71.2 Å². The molecule has 0 saturated heterocycles. The van der Waals surface area contributed by atoms with Gasteiger partial charge in [-0.05, 0) is 47.9 Å². The van der Waals surface area contributed by atoms with Crippen LogP contribution in [-0.4, -0.2) is 16.7 Å². The minimum absolute atomic E-state index is 0.0214. The number of allylic oxidation sites excluding steroid dienone is 1. The summed E-state index contributed by atoms with van der Waals surface area (Å²) in [5.74, 6) is -2.03. The van der Waals surface area contributed by atoms with Gasteiger partial charge in [-0.3, -0.25) is 14.4 Å². The van der Waals surface area contributed by atoms with Crippen LogP contribution in [0.5, 0.6) is 11.5 Å². The Hall–Kier alpha value is -4.23. The highest BCUT2D eigenvalue weighted by atomic mass is 35.5. The summed E-state index contributed by atoms with van der Waals surface area (Å²) < 4.78 is 25.7. The Kier molecular flexibility index (Phi) is 4.82. The number of hydrogen-bond donors (Lipinski definition) is 1. The Morgan fingerprint density at radius 1 is 1.00 bits per heavy atom. The van der Waals surface area contributed by atoms with Crippen LogP contribution >= 0.6 is 11.6 Å². The van der Waals surface area contributed by atoms with Gasteiger partial charge in [0.2, 0.25) is 5.78 Å². The number of pyridine rings is 1. The van der Waals surface area contributed by atoms with E-state index in [-0.39, 0.29) is 45.4 Å². The van der Waals surface area contributed by atoms with Gasteiger partial charge in [-0.1, -0.05) is 35.9 Å². The Bertz CT molecular complexity index is 1650. The van der Waals surface area contributed by atoms with Crippen molar-refractivity contribution in [2.45, 2.75) is 12.3 Å². The Morgan fingerprint density at radius 3 is 2.66 bits per heavy atom. The predicted molar refractivity (Wildman–Crippen MR) is 127 cm³/mol. The smallest absolute Gasteiger partial charge is 0.312 e. The van der Waals surface area contributed by atoms with Crippen molar-refractivity contribution in [2.75, 3.05) is 0 Å². The molecule has 0 fully saturated rings. The van der Waals surface area contributed by atoms with Crippen molar-refractivity contribution in [1.29, 1.82) is 0 Å². The molecule has 0 aliphatic carbocycles. The number of aromatic nitrogens is 1. The summed E-state index contributed by atoms with van der Waals surface area (Å²) in [5, 5.41) is 0.920. The lowest BCUT2D eigenvalue weighted by Gasteiger charge is -2.26. The van der Waals surface area contributed by atoms with Crippen molar-refractivity contribution in [3.8, 4) is 11.5 Å². The third kappa shape index (κ3) is 3.43. The molecule has 35 heavy (non-hydrogen) atoms. The fourth-order valence-electron chi connectivity index (χ4n) is 4.57. The highest BCUT2D eigenvalue weighted by molar-refractivity contribution is 6.32. The highest BCUT2D eigenvalue weighted by Gasteiger charge is 2.39. The minimum atomic E-state index is -0.709. The lowest BCUT2D eigenvalue weighted by atomic mass is 9.85. The zero-order valence-corrected chi connectivity index (χ0v) is 18.7. The number of para-hydroxylation sites is 1. The molecule has 2 aliphatic rings. The second-order valence-corrected chi connectivity index (χ2v) is 8.71. The third-order valence-electron chi connectivity index (χ3n) is 6.21. The van der Waals surface area contributed by atoms with E-state index >= 15 is 0 Å². The predicted octanol–water partition coefficient (Wildman–Crippen LogP) is 5.38. The lowest BCUT2D eigenvalue weighted by molar-refractivity contribution is -0.135. The standard InChI is InChI=1S/C27H15ClFNO5/c28-18-5-3-6-19(29)17(18)11-22-25(32)14-8-9-21-24(26(14)35-22)15(12-23(31)34-21)16-10-13-4-1-2-7-20(13)30-27(16)33/h1-11,15H,12H2,(H,30,33)/b22-11-/t15-/m0/s1. The molecule has 1 aromatic heterocycles. The number of carbonyl (C=O) groups excluding carboxylic acids is 2. The number of esters is 1. The van der Waals surface area contributed by atoms with Crippen molar-refractivity contribution in [1.82, 2.24) is 4.98 Å². The van der Waals surface area contributed by atoms with Crippen LogP contribution < -0.4 is 15.0 Å². The summed E-state index contributed by atoms with van der Waals surface area (Å²) in [5.41, 5.74) is 1.32. The van der Waals surface area contributed by atoms with Gasteiger partial charge in [-0.25, -0.2) is 4.39 Å². The number of ketones is 1. The van der Waals surface area contributed by atoms with Gasteiger partial charge >= 0.3 is 5.97 Å². The lowest BCUT2D eigenvalue weighted by Crippen LogP contribution is -2.26. The number of rotatable bonds is 2. The van der Waals surface area contributed by atoms with E-state index in [4.69, 9.17) is 21.1 Å². The maximum absolute atomic E-state index is 14.3. The molecule has 0 unspecified atom stereocenters. The van der Waals surface area contributed by atoms with Gasteiger partial charge in [-0.2, -0.15) is 0 Å². The van der Waals surface area contributed by atoms with Crippen LogP contribution in [0.3, 0.4) is 0 Å². The number of carbonyl (C=O) groups is 2. The summed E-state index contributed by atoms with van der Waals surface area (Å²) in [6.07, 6.45) is 1.14. The second-order valence-electron chi connectivity index (χ2n) is 8.30. The van der Waals surface area contributed by atoms with E-state index in [9.17, 15) is 18.8 Å². The SMILES string of the molecule is O=C1C[C@@H](c2cc3ccccc3[nH]c2=O)c2c(ccc3c2O/C(=C\c2c(F)cccc2Cl)C3=O)O1. The number of halogens is 2. The van der Waals surface area contributed by atoms with Crippen LogP contribution in [0.1, 0.15) is 39.4 Å². The van der Waals surface area contributed by atoms with Gasteiger partial charge in [0.25, 0.3) is 5.56 Å². The molecule has 0 spiro atoms. The molecule has 6 rings (SSSR count).